The van der Waals surface area contributed by atoms with Crippen LogP contribution in [0.5, 0.6) is 5.75 Å². The molecule has 8 nitrogen and oxygen atoms in total. The Bertz CT molecular complexity index is 846. The molecule has 3 amide bonds. The quantitative estimate of drug-likeness (QED) is 0.618. The van der Waals surface area contributed by atoms with Crippen molar-refractivity contribution in [3.8, 4) is 5.75 Å². The summed E-state index contributed by atoms with van der Waals surface area (Å²) in [7, 11) is 0. The van der Waals surface area contributed by atoms with Gasteiger partial charge in [0.15, 0.2) is 0 Å². The first kappa shape index (κ1) is 16.6. The molecule has 1 aromatic rings. The molecular formula is C19H22N4O4. The molecule has 142 valence electrons. The first-order valence-corrected chi connectivity index (χ1v) is 9.49. The van der Waals surface area contributed by atoms with E-state index in [0.29, 0.717) is 25.1 Å². The first-order chi connectivity index (χ1) is 13.1. The second-order valence-corrected chi connectivity index (χ2v) is 7.81. The van der Waals surface area contributed by atoms with Crippen LogP contribution in [0.2, 0.25) is 0 Å². The number of hydrogen-bond donors (Lipinski definition) is 3. The zero-order valence-corrected chi connectivity index (χ0v) is 15.0. The van der Waals surface area contributed by atoms with Crippen LogP contribution in [-0.4, -0.2) is 53.9 Å². The molecule has 27 heavy (non-hydrogen) atoms. The maximum Gasteiger partial charge on any atom is 0.255 e. The average Bonchev–Trinajstić information content (AvgIpc) is 3.00. The number of ether oxygens (including phenoxy) is 1. The molecule has 5 rings (SSSR count). The first-order valence-electron chi connectivity index (χ1n) is 9.49. The minimum Gasteiger partial charge on any atom is -0.489 e. The summed E-state index contributed by atoms with van der Waals surface area (Å²) < 4.78 is 6.05. The van der Waals surface area contributed by atoms with Crippen LogP contribution in [-0.2, 0) is 16.1 Å². The van der Waals surface area contributed by atoms with Gasteiger partial charge in [-0.15, -0.1) is 0 Å². The van der Waals surface area contributed by atoms with Gasteiger partial charge in [0.1, 0.15) is 18.4 Å². The maximum atomic E-state index is 13.0. The van der Waals surface area contributed by atoms with Gasteiger partial charge < -0.3 is 20.3 Å². The molecule has 1 atom stereocenters. The van der Waals surface area contributed by atoms with Crippen LogP contribution in [0, 0.1) is 0 Å². The fourth-order valence-electron chi connectivity index (χ4n) is 4.57. The number of rotatable bonds is 1. The second-order valence-electron chi connectivity index (χ2n) is 7.81. The van der Waals surface area contributed by atoms with Gasteiger partial charge in [0.2, 0.25) is 11.8 Å². The lowest BCUT2D eigenvalue weighted by Gasteiger charge is -2.43. The molecule has 0 aromatic heterocycles. The number of piperidine rings is 2. The standard InChI is InChI=1S/C19H22N4O4/c24-15-4-2-13(17(25)21-15)23-9-12-11(18(23)26)1-3-14-16(12)22-19(10-27-14)5-7-20-8-6-19/h1,3,13,20,22H,2,4-10H2,(H,21,24,25)/t13-/m0/s1. The number of fused-ring (bicyclic) bond motifs is 3. The third kappa shape index (κ3) is 2.58. The summed E-state index contributed by atoms with van der Waals surface area (Å²) in [6, 6.07) is 3.02. The zero-order valence-electron chi connectivity index (χ0n) is 15.0. The summed E-state index contributed by atoms with van der Waals surface area (Å²) in [4.78, 5) is 38.2. The van der Waals surface area contributed by atoms with Crippen LogP contribution in [0.25, 0.3) is 0 Å². The molecule has 3 N–H and O–H groups in total. The lowest BCUT2D eigenvalue weighted by atomic mass is 9.87. The molecule has 4 aliphatic rings. The molecule has 1 spiro atoms. The number of nitrogens with zero attached hydrogens (tertiary/aromatic N) is 1. The molecule has 0 aliphatic carbocycles. The number of amides is 3. The lowest BCUT2D eigenvalue weighted by molar-refractivity contribution is -0.136. The number of nitrogens with one attached hydrogen (secondary N) is 3. The van der Waals surface area contributed by atoms with E-state index in [1.165, 1.54) is 0 Å². The minimum atomic E-state index is -0.601. The number of carbonyl (C=O) groups is 3. The molecule has 4 aliphatic heterocycles. The van der Waals surface area contributed by atoms with Gasteiger partial charge in [-0.25, -0.2) is 0 Å². The molecule has 2 saturated heterocycles. The molecule has 4 heterocycles. The van der Waals surface area contributed by atoms with Gasteiger partial charge in [-0.3, -0.25) is 19.7 Å². The summed E-state index contributed by atoms with van der Waals surface area (Å²) in [6.07, 6.45) is 2.54. The van der Waals surface area contributed by atoms with E-state index in [1.807, 2.05) is 6.07 Å². The van der Waals surface area contributed by atoms with Crippen LogP contribution in [0.3, 0.4) is 0 Å². The summed E-state index contributed by atoms with van der Waals surface area (Å²) in [6.45, 7) is 2.84. The van der Waals surface area contributed by atoms with Crippen LogP contribution >= 0.6 is 0 Å². The molecule has 0 unspecified atom stereocenters. The Labute approximate surface area is 156 Å². The van der Waals surface area contributed by atoms with Crippen LogP contribution in [0.15, 0.2) is 12.1 Å². The predicted octanol–water partition coefficient (Wildman–Crippen LogP) is 0.374. The van der Waals surface area contributed by atoms with E-state index < -0.39 is 6.04 Å². The molecule has 2 fully saturated rings. The van der Waals surface area contributed by atoms with Crippen LogP contribution < -0.4 is 20.7 Å². The van der Waals surface area contributed by atoms with Crippen molar-refractivity contribution in [1.82, 2.24) is 15.5 Å². The van der Waals surface area contributed by atoms with E-state index >= 15 is 0 Å². The van der Waals surface area contributed by atoms with E-state index in [2.05, 4.69) is 16.0 Å². The van der Waals surface area contributed by atoms with E-state index in [4.69, 9.17) is 4.74 Å². The van der Waals surface area contributed by atoms with Crippen molar-refractivity contribution in [3.63, 3.8) is 0 Å². The fourth-order valence-corrected chi connectivity index (χ4v) is 4.57. The predicted molar refractivity (Wildman–Crippen MR) is 96.4 cm³/mol. The van der Waals surface area contributed by atoms with E-state index in [-0.39, 0.29) is 29.7 Å². The van der Waals surface area contributed by atoms with Gasteiger partial charge in [-0.05, 0) is 44.5 Å². The minimum absolute atomic E-state index is 0.113. The number of hydrogen-bond acceptors (Lipinski definition) is 6. The molecular weight excluding hydrogens is 348 g/mol. The SMILES string of the molecule is O=C1CC[C@H](N2Cc3c(ccc4c3NC3(CCNCC3)CO4)C2=O)C(=O)N1. The Morgan fingerprint density at radius 1 is 1.15 bits per heavy atom. The largest absolute Gasteiger partial charge is 0.489 e. The smallest absolute Gasteiger partial charge is 0.255 e. The maximum absolute atomic E-state index is 13.0. The van der Waals surface area contributed by atoms with Gasteiger partial charge >= 0.3 is 0 Å². The Balaban J connectivity index is 1.46. The van der Waals surface area contributed by atoms with Crippen molar-refractivity contribution in [2.75, 3.05) is 25.0 Å². The summed E-state index contributed by atoms with van der Waals surface area (Å²) >= 11 is 0. The van der Waals surface area contributed by atoms with Crippen molar-refractivity contribution in [1.29, 1.82) is 0 Å². The van der Waals surface area contributed by atoms with Crippen molar-refractivity contribution in [2.24, 2.45) is 0 Å². The fraction of sp³-hybridized carbons (Fsp3) is 0.526. The van der Waals surface area contributed by atoms with Crippen molar-refractivity contribution in [2.45, 2.75) is 43.8 Å². The monoisotopic (exact) mass is 370 g/mol. The van der Waals surface area contributed by atoms with Crippen LogP contribution in [0.4, 0.5) is 5.69 Å². The normalized spacial score (nSPS) is 26.1. The Morgan fingerprint density at radius 2 is 1.96 bits per heavy atom. The van der Waals surface area contributed by atoms with E-state index in [1.54, 1.807) is 11.0 Å². The lowest BCUT2D eigenvalue weighted by Crippen LogP contribution is -2.53. The summed E-state index contributed by atoms with van der Waals surface area (Å²) in [5.41, 5.74) is 2.27. The van der Waals surface area contributed by atoms with Gasteiger partial charge in [-0.1, -0.05) is 0 Å². The Kier molecular flexibility index (Phi) is 3.65. The third-order valence-electron chi connectivity index (χ3n) is 6.14. The average molecular weight is 370 g/mol. The highest BCUT2D eigenvalue weighted by Crippen LogP contribution is 2.43. The highest BCUT2D eigenvalue weighted by molar-refractivity contribution is 6.06. The van der Waals surface area contributed by atoms with Crippen molar-refractivity contribution < 1.29 is 19.1 Å². The molecule has 0 saturated carbocycles. The summed E-state index contributed by atoms with van der Waals surface area (Å²) in [5, 5.41) is 9.39. The van der Waals surface area contributed by atoms with Gasteiger partial charge in [0.25, 0.3) is 5.91 Å². The topological polar surface area (TPSA) is 99.8 Å². The molecule has 0 bridgehead atoms. The highest BCUT2D eigenvalue weighted by atomic mass is 16.5. The van der Waals surface area contributed by atoms with E-state index in [9.17, 15) is 14.4 Å². The molecule has 0 radical (unpaired) electrons. The second kappa shape index (κ2) is 5.95. The highest BCUT2D eigenvalue weighted by Gasteiger charge is 2.43. The van der Waals surface area contributed by atoms with Crippen molar-refractivity contribution >= 4 is 23.4 Å². The van der Waals surface area contributed by atoms with E-state index in [0.717, 1.165) is 42.9 Å². The van der Waals surface area contributed by atoms with Crippen LogP contribution in [0.1, 0.15) is 41.6 Å². The third-order valence-corrected chi connectivity index (χ3v) is 6.14. The van der Waals surface area contributed by atoms with Gasteiger partial charge in [0.05, 0.1) is 11.2 Å². The van der Waals surface area contributed by atoms with Gasteiger partial charge in [-0.2, -0.15) is 0 Å². The number of imide groups is 1. The number of anilines is 1. The Morgan fingerprint density at radius 3 is 2.74 bits per heavy atom. The van der Waals surface area contributed by atoms with Crippen molar-refractivity contribution in [3.05, 3.63) is 23.3 Å². The summed E-state index contributed by atoms with van der Waals surface area (Å²) in [5.74, 6) is -0.0640. The Hall–Kier alpha value is -2.61. The zero-order chi connectivity index (χ0) is 18.6. The molecule has 8 heteroatoms. The number of benzene rings is 1. The molecule has 1 aromatic carbocycles. The van der Waals surface area contributed by atoms with Gasteiger partial charge in [0, 0.05) is 24.1 Å². The number of carbonyl (C=O) groups excluding carboxylic acids is 3.